The van der Waals surface area contributed by atoms with Crippen LogP contribution in [-0.4, -0.2) is 6.61 Å². The van der Waals surface area contributed by atoms with Crippen LogP contribution >= 0.6 is 0 Å². The first kappa shape index (κ1) is 12.9. The molecule has 0 fully saturated rings. The molecule has 0 aromatic heterocycles. The van der Waals surface area contributed by atoms with Crippen LogP contribution in [0.25, 0.3) is 0 Å². The van der Waals surface area contributed by atoms with Gasteiger partial charge < -0.3 is 10.1 Å². The van der Waals surface area contributed by atoms with Crippen LogP contribution in [0.4, 0.5) is 14.5 Å². The molecule has 3 rings (SSSR count). The van der Waals surface area contributed by atoms with Gasteiger partial charge in [-0.2, -0.15) is 0 Å². The largest absolute Gasteiger partial charge is 0.493 e. The van der Waals surface area contributed by atoms with Gasteiger partial charge in [-0.3, -0.25) is 0 Å². The van der Waals surface area contributed by atoms with E-state index in [1.165, 1.54) is 12.1 Å². The maximum atomic E-state index is 13.3. The zero-order chi connectivity index (χ0) is 14.1. The van der Waals surface area contributed by atoms with Crippen LogP contribution in [-0.2, 0) is 0 Å². The van der Waals surface area contributed by atoms with Crippen molar-refractivity contribution < 1.29 is 13.5 Å². The van der Waals surface area contributed by atoms with Gasteiger partial charge in [-0.1, -0.05) is 25.1 Å². The molecule has 1 heterocycles. The van der Waals surface area contributed by atoms with Crippen molar-refractivity contribution in [1.29, 1.82) is 0 Å². The number of anilines is 1. The highest BCUT2D eigenvalue weighted by molar-refractivity contribution is 5.49. The molecule has 1 N–H and O–H groups in total. The Bertz CT molecular complexity index is 609. The molecule has 0 saturated heterocycles. The summed E-state index contributed by atoms with van der Waals surface area (Å²) >= 11 is 0. The summed E-state index contributed by atoms with van der Waals surface area (Å²) in [5.41, 5.74) is 1.45. The Balaban J connectivity index is 1.93. The molecule has 2 aromatic carbocycles. The number of nitrogens with one attached hydrogen (secondary N) is 1. The predicted octanol–water partition coefficient (Wildman–Crippen LogP) is 4.15. The normalized spacial score (nSPS) is 20.9. The summed E-state index contributed by atoms with van der Waals surface area (Å²) in [4.78, 5) is 0. The highest BCUT2D eigenvalue weighted by atomic mass is 19.1. The lowest BCUT2D eigenvalue weighted by atomic mass is 9.92. The third kappa shape index (κ3) is 2.46. The fraction of sp³-hybridized carbons (Fsp3) is 0.250. The van der Waals surface area contributed by atoms with Crippen LogP contribution in [0.15, 0.2) is 42.5 Å². The van der Waals surface area contributed by atoms with E-state index in [9.17, 15) is 8.78 Å². The number of para-hydroxylation sites is 1. The minimum atomic E-state index is -0.583. The molecule has 20 heavy (non-hydrogen) atoms. The van der Waals surface area contributed by atoms with E-state index in [0.717, 1.165) is 17.4 Å². The van der Waals surface area contributed by atoms with E-state index >= 15 is 0 Å². The highest BCUT2D eigenvalue weighted by Crippen LogP contribution is 2.37. The number of hydrogen-bond acceptors (Lipinski definition) is 2. The SMILES string of the molecule is CC1COc2ccccc2C1Nc1cc(F)cc(F)c1. The van der Waals surface area contributed by atoms with Gasteiger partial charge in [0.1, 0.15) is 17.4 Å². The zero-order valence-corrected chi connectivity index (χ0v) is 11.1. The van der Waals surface area contributed by atoms with Crippen molar-refractivity contribution in [3.63, 3.8) is 0 Å². The van der Waals surface area contributed by atoms with Gasteiger partial charge in [0.25, 0.3) is 0 Å². The molecular formula is C16H15F2NO. The molecule has 2 aromatic rings. The Morgan fingerprint density at radius 1 is 1.10 bits per heavy atom. The van der Waals surface area contributed by atoms with Gasteiger partial charge in [-0.15, -0.1) is 0 Å². The molecule has 0 bridgehead atoms. The molecule has 0 spiro atoms. The first-order valence-electron chi connectivity index (χ1n) is 6.58. The van der Waals surface area contributed by atoms with Crippen molar-refractivity contribution in [2.24, 2.45) is 5.92 Å². The minimum Gasteiger partial charge on any atom is -0.493 e. The number of rotatable bonds is 2. The van der Waals surface area contributed by atoms with Crippen LogP contribution in [0.2, 0.25) is 0 Å². The topological polar surface area (TPSA) is 21.3 Å². The van der Waals surface area contributed by atoms with E-state index < -0.39 is 11.6 Å². The van der Waals surface area contributed by atoms with Gasteiger partial charge in [0.2, 0.25) is 0 Å². The second kappa shape index (κ2) is 5.12. The summed E-state index contributed by atoms with van der Waals surface area (Å²) in [6.07, 6.45) is 0. The van der Waals surface area contributed by atoms with E-state index in [1.54, 1.807) is 0 Å². The Kier molecular flexibility index (Phi) is 3.30. The third-order valence-electron chi connectivity index (χ3n) is 3.51. The zero-order valence-electron chi connectivity index (χ0n) is 11.1. The number of benzene rings is 2. The Morgan fingerprint density at radius 3 is 2.55 bits per heavy atom. The lowest BCUT2D eigenvalue weighted by molar-refractivity contribution is 0.214. The quantitative estimate of drug-likeness (QED) is 0.889. The summed E-state index contributed by atoms with van der Waals surface area (Å²) in [7, 11) is 0. The van der Waals surface area contributed by atoms with E-state index in [1.807, 2.05) is 31.2 Å². The molecule has 104 valence electrons. The number of fused-ring (bicyclic) bond motifs is 1. The van der Waals surface area contributed by atoms with E-state index in [-0.39, 0.29) is 12.0 Å². The van der Waals surface area contributed by atoms with E-state index in [4.69, 9.17) is 4.74 Å². The number of hydrogen-bond donors (Lipinski definition) is 1. The van der Waals surface area contributed by atoms with Crippen LogP contribution in [0, 0.1) is 17.6 Å². The molecular weight excluding hydrogens is 260 g/mol. The molecule has 4 heteroatoms. The second-order valence-corrected chi connectivity index (χ2v) is 5.11. The van der Waals surface area contributed by atoms with Gasteiger partial charge in [0, 0.05) is 23.2 Å². The first-order chi connectivity index (χ1) is 9.63. The smallest absolute Gasteiger partial charge is 0.128 e. The average Bonchev–Trinajstić information content (AvgIpc) is 2.41. The Morgan fingerprint density at radius 2 is 1.80 bits per heavy atom. The first-order valence-corrected chi connectivity index (χ1v) is 6.58. The van der Waals surface area contributed by atoms with Gasteiger partial charge in [0.05, 0.1) is 12.6 Å². The summed E-state index contributed by atoms with van der Waals surface area (Å²) in [5.74, 6) is -0.141. The van der Waals surface area contributed by atoms with Crippen LogP contribution in [0.5, 0.6) is 5.75 Å². The molecule has 0 aliphatic carbocycles. The van der Waals surface area contributed by atoms with Gasteiger partial charge in [0.15, 0.2) is 0 Å². The van der Waals surface area contributed by atoms with Gasteiger partial charge >= 0.3 is 0 Å². The van der Waals surface area contributed by atoms with Gasteiger partial charge in [-0.25, -0.2) is 8.78 Å². The molecule has 0 saturated carbocycles. The van der Waals surface area contributed by atoms with Crippen LogP contribution in [0.1, 0.15) is 18.5 Å². The number of ether oxygens (including phenoxy) is 1. The monoisotopic (exact) mass is 275 g/mol. The Labute approximate surface area is 116 Å². The van der Waals surface area contributed by atoms with E-state index in [0.29, 0.717) is 12.3 Å². The standard InChI is InChI=1S/C16H15F2NO/c1-10-9-20-15-5-3-2-4-14(15)16(10)19-13-7-11(17)6-12(18)8-13/h2-8,10,16,19H,9H2,1H3. The van der Waals surface area contributed by atoms with Gasteiger partial charge in [-0.05, 0) is 18.2 Å². The number of halogens is 2. The lowest BCUT2D eigenvalue weighted by Crippen LogP contribution is -2.28. The Hall–Kier alpha value is -2.10. The molecule has 0 amide bonds. The molecule has 2 atom stereocenters. The van der Waals surface area contributed by atoms with Crippen molar-refractivity contribution in [3.05, 3.63) is 59.7 Å². The summed E-state index contributed by atoms with van der Waals surface area (Å²) in [6.45, 7) is 2.62. The molecule has 1 aliphatic heterocycles. The summed E-state index contributed by atoms with van der Waals surface area (Å²) in [6, 6.07) is 11.2. The molecule has 2 nitrogen and oxygen atoms in total. The van der Waals surface area contributed by atoms with Crippen molar-refractivity contribution in [1.82, 2.24) is 0 Å². The summed E-state index contributed by atoms with van der Waals surface area (Å²) in [5, 5.41) is 3.21. The maximum Gasteiger partial charge on any atom is 0.128 e. The fourth-order valence-electron chi connectivity index (χ4n) is 2.53. The minimum absolute atomic E-state index is 0.0267. The lowest BCUT2D eigenvalue weighted by Gasteiger charge is -2.32. The molecule has 1 aliphatic rings. The highest BCUT2D eigenvalue weighted by Gasteiger charge is 2.27. The maximum absolute atomic E-state index is 13.3. The molecule has 0 radical (unpaired) electrons. The second-order valence-electron chi connectivity index (χ2n) is 5.11. The van der Waals surface area contributed by atoms with E-state index in [2.05, 4.69) is 5.32 Å². The van der Waals surface area contributed by atoms with Crippen molar-refractivity contribution in [2.45, 2.75) is 13.0 Å². The summed E-state index contributed by atoms with van der Waals surface area (Å²) < 4.78 is 32.2. The van der Waals surface area contributed by atoms with Crippen LogP contribution < -0.4 is 10.1 Å². The molecule has 2 unspecified atom stereocenters. The third-order valence-corrected chi connectivity index (χ3v) is 3.51. The fourth-order valence-corrected chi connectivity index (χ4v) is 2.53. The van der Waals surface area contributed by atoms with Crippen molar-refractivity contribution >= 4 is 5.69 Å². The van der Waals surface area contributed by atoms with Crippen LogP contribution in [0.3, 0.4) is 0 Å². The van der Waals surface area contributed by atoms with Crippen molar-refractivity contribution in [3.8, 4) is 5.75 Å². The van der Waals surface area contributed by atoms with Crippen molar-refractivity contribution in [2.75, 3.05) is 11.9 Å². The average molecular weight is 275 g/mol. The predicted molar refractivity (Wildman–Crippen MR) is 73.8 cm³/mol.